The van der Waals surface area contributed by atoms with Crippen molar-refractivity contribution in [2.75, 3.05) is 7.11 Å². The van der Waals surface area contributed by atoms with Crippen molar-refractivity contribution in [2.24, 2.45) is 7.05 Å². The maximum Gasteiger partial charge on any atom is 0.356 e. The maximum atomic E-state index is 11.8. The molecule has 0 N–H and O–H groups in total. The predicted molar refractivity (Wildman–Crippen MR) is 54.0 cm³/mol. The molecular weight excluding hydrogens is 196 g/mol. The Bertz CT molecular complexity index is 580. The molecule has 0 fully saturated rings. The second kappa shape index (κ2) is 3.27. The molecule has 0 amide bonds. The number of hydrogen-bond acceptors (Lipinski definition) is 3. The SMILES string of the molecule is COC(=O)c1cn2cccc2c(=O)n1C. The lowest BCUT2D eigenvalue weighted by Gasteiger charge is -2.06. The zero-order valence-corrected chi connectivity index (χ0v) is 8.43. The van der Waals surface area contributed by atoms with E-state index < -0.39 is 5.97 Å². The Morgan fingerprint density at radius 1 is 1.47 bits per heavy atom. The zero-order chi connectivity index (χ0) is 11.0. The first-order chi connectivity index (χ1) is 7.15. The normalized spacial score (nSPS) is 10.5. The Morgan fingerprint density at radius 2 is 2.20 bits per heavy atom. The van der Waals surface area contributed by atoms with Gasteiger partial charge in [-0.25, -0.2) is 4.79 Å². The van der Waals surface area contributed by atoms with E-state index in [4.69, 9.17) is 0 Å². The monoisotopic (exact) mass is 206 g/mol. The van der Waals surface area contributed by atoms with E-state index in [1.807, 2.05) is 0 Å². The van der Waals surface area contributed by atoms with Gasteiger partial charge in [0.05, 0.1) is 7.11 Å². The van der Waals surface area contributed by atoms with Crippen LogP contribution in [-0.4, -0.2) is 22.0 Å². The fourth-order valence-corrected chi connectivity index (χ4v) is 1.48. The molecule has 2 aromatic rings. The van der Waals surface area contributed by atoms with Crippen molar-refractivity contribution in [3.05, 3.63) is 40.6 Å². The third-order valence-electron chi connectivity index (χ3n) is 2.32. The second-order valence-corrected chi connectivity index (χ2v) is 3.17. The number of fused-ring (bicyclic) bond motifs is 1. The summed E-state index contributed by atoms with van der Waals surface area (Å²) in [6, 6.07) is 3.45. The topological polar surface area (TPSA) is 52.7 Å². The van der Waals surface area contributed by atoms with Crippen molar-refractivity contribution >= 4 is 11.5 Å². The first-order valence-electron chi connectivity index (χ1n) is 4.40. The Hall–Kier alpha value is -2.04. The lowest BCUT2D eigenvalue weighted by atomic mass is 10.4. The van der Waals surface area contributed by atoms with Gasteiger partial charge in [0, 0.05) is 19.4 Å². The Kier molecular flexibility index (Phi) is 2.07. The summed E-state index contributed by atoms with van der Waals surface area (Å²) in [7, 11) is 2.83. The number of nitrogens with zero attached hydrogens (tertiary/aromatic N) is 2. The van der Waals surface area contributed by atoms with Crippen molar-refractivity contribution in [1.82, 2.24) is 8.97 Å². The Balaban J connectivity index is 2.82. The lowest BCUT2D eigenvalue weighted by Crippen LogP contribution is -2.25. The average Bonchev–Trinajstić information content (AvgIpc) is 2.70. The second-order valence-electron chi connectivity index (χ2n) is 3.17. The number of hydrogen-bond donors (Lipinski definition) is 0. The van der Waals surface area contributed by atoms with Crippen LogP contribution in [0.25, 0.3) is 5.52 Å². The molecule has 15 heavy (non-hydrogen) atoms. The molecule has 0 bridgehead atoms. The highest BCUT2D eigenvalue weighted by Gasteiger charge is 2.12. The first kappa shape index (κ1) is 9.51. The summed E-state index contributed by atoms with van der Waals surface area (Å²) < 4.78 is 7.47. The van der Waals surface area contributed by atoms with Crippen LogP contribution in [0.4, 0.5) is 0 Å². The van der Waals surface area contributed by atoms with Gasteiger partial charge in [-0.3, -0.25) is 4.79 Å². The van der Waals surface area contributed by atoms with Crippen LogP contribution < -0.4 is 5.56 Å². The molecule has 2 aromatic heterocycles. The van der Waals surface area contributed by atoms with Crippen LogP contribution in [0, 0.1) is 0 Å². The summed E-state index contributed by atoms with van der Waals surface area (Å²) in [4.78, 5) is 23.1. The summed E-state index contributed by atoms with van der Waals surface area (Å²) in [5, 5.41) is 0. The first-order valence-corrected chi connectivity index (χ1v) is 4.40. The highest BCUT2D eigenvalue weighted by molar-refractivity contribution is 5.87. The minimum absolute atomic E-state index is 0.220. The van der Waals surface area contributed by atoms with E-state index >= 15 is 0 Å². The molecule has 0 aliphatic rings. The number of carbonyl (C=O) groups excluding carboxylic acids is 1. The average molecular weight is 206 g/mol. The van der Waals surface area contributed by atoms with Gasteiger partial charge in [-0.1, -0.05) is 0 Å². The molecule has 0 saturated carbocycles. The molecule has 2 rings (SSSR count). The van der Waals surface area contributed by atoms with Crippen molar-refractivity contribution in [1.29, 1.82) is 0 Å². The molecule has 2 heterocycles. The van der Waals surface area contributed by atoms with Gasteiger partial charge in [-0.15, -0.1) is 0 Å². The molecule has 0 atom stereocenters. The van der Waals surface area contributed by atoms with E-state index in [1.54, 1.807) is 36.0 Å². The van der Waals surface area contributed by atoms with Crippen LogP contribution >= 0.6 is 0 Å². The highest BCUT2D eigenvalue weighted by Crippen LogP contribution is 2.03. The molecule has 0 radical (unpaired) electrons. The number of esters is 1. The van der Waals surface area contributed by atoms with E-state index in [0.29, 0.717) is 5.52 Å². The summed E-state index contributed by atoms with van der Waals surface area (Å²) in [6.45, 7) is 0. The number of methoxy groups -OCH3 is 1. The van der Waals surface area contributed by atoms with E-state index in [9.17, 15) is 9.59 Å². The highest BCUT2D eigenvalue weighted by atomic mass is 16.5. The molecule has 0 aliphatic heterocycles. The van der Waals surface area contributed by atoms with Crippen LogP contribution in [-0.2, 0) is 11.8 Å². The molecule has 0 unspecified atom stereocenters. The third-order valence-corrected chi connectivity index (χ3v) is 2.32. The quantitative estimate of drug-likeness (QED) is 0.635. The zero-order valence-electron chi connectivity index (χ0n) is 8.43. The molecule has 5 heteroatoms. The van der Waals surface area contributed by atoms with Gasteiger partial charge in [-0.2, -0.15) is 0 Å². The molecule has 0 spiro atoms. The van der Waals surface area contributed by atoms with Crippen LogP contribution in [0.15, 0.2) is 29.3 Å². The van der Waals surface area contributed by atoms with Gasteiger partial charge >= 0.3 is 5.97 Å². The predicted octanol–water partition coefficient (Wildman–Crippen LogP) is 0.425. The summed E-state index contributed by atoms with van der Waals surface area (Å²) in [6.07, 6.45) is 3.28. The number of carbonyl (C=O) groups is 1. The van der Waals surface area contributed by atoms with Crippen molar-refractivity contribution in [3.63, 3.8) is 0 Å². The smallest absolute Gasteiger partial charge is 0.356 e. The van der Waals surface area contributed by atoms with Gasteiger partial charge in [-0.05, 0) is 12.1 Å². The van der Waals surface area contributed by atoms with E-state index in [0.717, 1.165) is 0 Å². The standard InChI is InChI=1S/C10H10N2O3/c1-11-8(10(14)15-2)6-12-5-3-4-7(12)9(11)13/h3-6H,1-2H3. The molecule has 0 aliphatic carbocycles. The third kappa shape index (κ3) is 1.32. The number of rotatable bonds is 1. The molecule has 0 saturated heterocycles. The minimum Gasteiger partial charge on any atom is -0.464 e. The summed E-state index contributed by atoms with van der Waals surface area (Å²) in [5.41, 5.74) is 0.541. The fourth-order valence-electron chi connectivity index (χ4n) is 1.48. The van der Waals surface area contributed by atoms with Crippen molar-refractivity contribution in [3.8, 4) is 0 Å². The molecule has 78 valence electrons. The van der Waals surface area contributed by atoms with Crippen LogP contribution in [0.3, 0.4) is 0 Å². The Labute approximate surface area is 85.5 Å². The van der Waals surface area contributed by atoms with E-state index in [1.165, 1.54) is 11.7 Å². The number of aromatic nitrogens is 2. The van der Waals surface area contributed by atoms with Gasteiger partial charge < -0.3 is 13.7 Å². The minimum atomic E-state index is -0.523. The van der Waals surface area contributed by atoms with Crippen LogP contribution in [0.1, 0.15) is 10.5 Å². The van der Waals surface area contributed by atoms with E-state index in [2.05, 4.69) is 4.74 Å². The maximum absolute atomic E-state index is 11.8. The lowest BCUT2D eigenvalue weighted by molar-refractivity contribution is 0.0587. The van der Waals surface area contributed by atoms with Gasteiger partial charge in [0.1, 0.15) is 11.2 Å². The van der Waals surface area contributed by atoms with Gasteiger partial charge in [0.2, 0.25) is 0 Å². The van der Waals surface area contributed by atoms with Gasteiger partial charge in [0.25, 0.3) is 5.56 Å². The largest absolute Gasteiger partial charge is 0.464 e. The van der Waals surface area contributed by atoms with Crippen LogP contribution in [0.2, 0.25) is 0 Å². The summed E-state index contributed by atoms with van der Waals surface area (Å²) in [5.74, 6) is -0.523. The van der Waals surface area contributed by atoms with Crippen LogP contribution in [0.5, 0.6) is 0 Å². The summed E-state index contributed by atoms with van der Waals surface area (Å²) >= 11 is 0. The fraction of sp³-hybridized carbons (Fsp3) is 0.200. The van der Waals surface area contributed by atoms with Crippen molar-refractivity contribution in [2.45, 2.75) is 0 Å². The molecular formula is C10H10N2O3. The van der Waals surface area contributed by atoms with Crippen molar-refractivity contribution < 1.29 is 9.53 Å². The Morgan fingerprint density at radius 3 is 2.87 bits per heavy atom. The van der Waals surface area contributed by atoms with Gasteiger partial charge in [0.15, 0.2) is 0 Å². The van der Waals surface area contributed by atoms with E-state index in [-0.39, 0.29) is 11.3 Å². The molecule has 0 aromatic carbocycles. The number of ether oxygens (including phenoxy) is 1. The molecule has 5 nitrogen and oxygen atoms in total.